The third-order valence-corrected chi connectivity index (χ3v) is 2.89. The quantitative estimate of drug-likeness (QED) is 0.501. The van der Waals surface area contributed by atoms with Gasteiger partial charge in [-0.15, -0.1) is 5.54 Å². The van der Waals surface area contributed by atoms with Crippen molar-refractivity contribution in [3.05, 3.63) is 35.1 Å². The summed E-state index contributed by atoms with van der Waals surface area (Å²) in [6.45, 7) is 8.48. The second kappa shape index (κ2) is 4.63. The fourth-order valence-electron chi connectivity index (χ4n) is 1.17. The predicted octanol–water partition coefficient (Wildman–Crippen LogP) is 3.62. The molecule has 0 aromatic heterocycles. The molecule has 0 saturated heterocycles. The minimum atomic E-state index is -1.36. The van der Waals surface area contributed by atoms with Gasteiger partial charge in [0.1, 0.15) is 13.9 Å². The number of aryl methyl sites for hydroxylation is 1. The third-order valence-electron chi connectivity index (χ3n) is 2.02. The number of halogens is 1. The second-order valence-electron chi connectivity index (χ2n) is 4.66. The summed E-state index contributed by atoms with van der Waals surface area (Å²) in [7, 11) is -1.36. The topological polar surface area (TPSA) is 0 Å². The van der Waals surface area contributed by atoms with E-state index in [9.17, 15) is 4.39 Å². The molecule has 0 spiro atoms. The molecule has 0 aliphatic rings. The van der Waals surface area contributed by atoms with Crippen molar-refractivity contribution in [2.75, 3.05) is 0 Å². The standard InChI is InChI=1S/C13H17FSi/c1-5-12-7-6-11(10-13(12)14)8-9-15(2,3)4/h6-7,10H,5H2,1-4H3. The normalized spacial score (nSPS) is 10.7. The highest BCUT2D eigenvalue weighted by atomic mass is 28.3. The highest BCUT2D eigenvalue weighted by Gasteiger charge is 2.07. The zero-order chi connectivity index (χ0) is 11.5. The van der Waals surface area contributed by atoms with Gasteiger partial charge in [-0.2, -0.15) is 0 Å². The van der Waals surface area contributed by atoms with Gasteiger partial charge >= 0.3 is 0 Å². The van der Waals surface area contributed by atoms with Gasteiger partial charge in [-0.1, -0.05) is 38.6 Å². The molecule has 0 amide bonds. The van der Waals surface area contributed by atoms with Crippen LogP contribution >= 0.6 is 0 Å². The Kier molecular flexibility index (Phi) is 3.70. The number of rotatable bonds is 1. The van der Waals surface area contributed by atoms with Crippen molar-refractivity contribution in [1.82, 2.24) is 0 Å². The van der Waals surface area contributed by atoms with Crippen LogP contribution in [-0.2, 0) is 6.42 Å². The summed E-state index contributed by atoms with van der Waals surface area (Å²) in [5.41, 5.74) is 4.77. The van der Waals surface area contributed by atoms with E-state index < -0.39 is 8.07 Å². The van der Waals surface area contributed by atoms with E-state index in [4.69, 9.17) is 0 Å². The van der Waals surface area contributed by atoms with Crippen LogP contribution in [0, 0.1) is 17.3 Å². The monoisotopic (exact) mass is 220 g/mol. The minimum absolute atomic E-state index is 0.139. The van der Waals surface area contributed by atoms with E-state index in [0.717, 1.165) is 17.5 Å². The van der Waals surface area contributed by atoms with Crippen LogP contribution in [0.25, 0.3) is 0 Å². The molecule has 1 rings (SSSR count). The van der Waals surface area contributed by atoms with E-state index in [2.05, 4.69) is 31.1 Å². The van der Waals surface area contributed by atoms with Crippen molar-refractivity contribution < 1.29 is 4.39 Å². The fraction of sp³-hybridized carbons (Fsp3) is 0.385. The van der Waals surface area contributed by atoms with Crippen molar-refractivity contribution >= 4 is 8.07 Å². The summed E-state index contributed by atoms with van der Waals surface area (Å²) in [5, 5.41) is 0. The van der Waals surface area contributed by atoms with Gasteiger partial charge in [-0.25, -0.2) is 4.39 Å². The van der Waals surface area contributed by atoms with Crippen molar-refractivity contribution in [2.45, 2.75) is 33.0 Å². The van der Waals surface area contributed by atoms with Crippen LogP contribution in [0.15, 0.2) is 18.2 Å². The zero-order valence-corrected chi connectivity index (χ0v) is 10.8. The number of benzene rings is 1. The van der Waals surface area contributed by atoms with Crippen LogP contribution in [0.5, 0.6) is 0 Å². The van der Waals surface area contributed by atoms with Crippen molar-refractivity contribution in [1.29, 1.82) is 0 Å². The summed E-state index contributed by atoms with van der Waals surface area (Å²) < 4.78 is 13.4. The lowest BCUT2D eigenvalue weighted by Crippen LogP contribution is -2.16. The van der Waals surface area contributed by atoms with Crippen molar-refractivity contribution in [2.24, 2.45) is 0 Å². The highest BCUT2D eigenvalue weighted by molar-refractivity contribution is 6.83. The van der Waals surface area contributed by atoms with Gasteiger partial charge in [0.25, 0.3) is 0 Å². The van der Waals surface area contributed by atoms with Gasteiger partial charge in [-0.3, -0.25) is 0 Å². The molecule has 0 fully saturated rings. The van der Waals surface area contributed by atoms with Crippen LogP contribution in [0.3, 0.4) is 0 Å². The lowest BCUT2D eigenvalue weighted by Gasteiger charge is -2.04. The summed E-state index contributed by atoms with van der Waals surface area (Å²) >= 11 is 0. The Morgan fingerprint density at radius 2 is 1.93 bits per heavy atom. The van der Waals surface area contributed by atoms with Crippen LogP contribution in [0.1, 0.15) is 18.1 Å². The molecule has 0 saturated carbocycles. The average molecular weight is 220 g/mol. The SMILES string of the molecule is CCc1ccc(C#C[Si](C)(C)C)cc1F. The molecule has 1 aromatic carbocycles. The molecular weight excluding hydrogens is 203 g/mol. The van der Waals surface area contributed by atoms with Gasteiger partial charge in [-0.05, 0) is 24.1 Å². The largest absolute Gasteiger partial charge is 0.207 e. The number of hydrogen-bond acceptors (Lipinski definition) is 0. The second-order valence-corrected chi connectivity index (χ2v) is 9.41. The smallest absolute Gasteiger partial charge is 0.129 e. The molecule has 0 radical (unpaired) electrons. The molecule has 0 bridgehead atoms. The van der Waals surface area contributed by atoms with E-state index >= 15 is 0 Å². The molecule has 0 nitrogen and oxygen atoms in total. The molecule has 0 heterocycles. The Bertz CT molecular complexity index is 405. The summed E-state index contributed by atoms with van der Waals surface area (Å²) in [6, 6.07) is 5.25. The maximum Gasteiger partial charge on any atom is 0.129 e. The van der Waals surface area contributed by atoms with Crippen molar-refractivity contribution in [3.63, 3.8) is 0 Å². The molecule has 0 N–H and O–H groups in total. The van der Waals surface area contributed by atoms with Crippen LogP contribution < -0.4 is 0 Å². The molecule has 80 valence electrons. The molecule has 2 heteroatoms. The fourth-order valence-corrected chi connectivity index (χ4v) is 1.69. The lowest BCUT2D eigenvalue weighted by molar-refractivity contribution is 0.612. The maximum absolute atomic E-state index is 13.4. The third kappa shape index (κ3) is 3.89. The van der Waals surface area contributed by atoms with Gasteiger partial charge in [0.2, 0.25) is 0 Å². The molecule has 0 unspecified atom stereocenters. The molecule has 0 atom stereocenters. The van der Waals surface area contributed by atoms with E-state index in [-0.39, 0.29) is 5.82 Å². The van der Waals surface area contributed by atoms with Crippen LogP contribution in [0.2, 0.25) is 19.6 Å². The summed E-state index contributed by atoms with van der Waals surface area (Å²) in [4.78, 5) is 0. The first kappa shape index (κ1) is 12.0. The van der Waals surface area contributed by atoms with Crippen molar-refractivity contribution in [3.8, 4) is 11.5 Å². The van der Waals surface area contributed by atoms with E-state index in [1.54, 1.807) is 0 Å². The average Bonchev–Trinajstić information content (AvgIpc) is 2.14. The first-order valence-corrected chi connectivity index (χ1v) is 8.74. The summed E-state index contributed by atoms with van der Waals surface area (Å²) in [5.74, 6) is 2.91. The Morgan fingerprint density at radius 1 is 1.27 bits per heavy atom. The predicted molar refractivity (Wildman–Crippen MR) is 66.0 cm³/mol. The van der Waals surface area contributed by atoms with Gasteiger partial charge in [0.15, 0.2) is 0 Å². The van der Waals surface area contributed by atoms with Gasteiger partial charge in [0, 0.05) is 5.56 Å². The highest BCUT2D eigenvalue weighted by Crippen LogP contribution is 2.10. The Hall–Kier alpha value is -1.07. The van der Waals surface area contributed by atoms with Gasteiger partial charge in [0.05, 0.1) is 0 Å². The Labute approximate surface area is 92.5 Å². The van der Waals surface area contributed by atoms with Gasteiger partial charge < -0.3 is 0 Å². The minimum Gasteiger partial charge on any atom is -0.207 e. The van der Waals surface area contributed by atoms with E-state index in [1.165, 1.54) is 6.07 Å². The van der Waals surface area contributed by atoms with Crippen LogP contribution in [-0.4, -0.2) is 8.07 Å². The lowest BCUT2D eigenvalue weighted by atomic mass is 10.1. The Balaban J connectivity index is 2.97. The first-order valence-electron chi connectivity index (χ1n) is 5.24. The molecule has 15 heavy (non-hydrogen) atoms. The Morgan fingerprint density at radius 3 is 2.40 bits per heavy atom. The molecule has 1 aromatic rings. The zero-order valence-electron chi connectivity index (χ0n) is 9.82. The maximum atomic E-state index is 13.4. The van der Waals surface area contributed by atoms with E-state index in [1.807, 2.05) is 19.1 Å². The first-order chi connectivity index (χ1) is 6.92. The molecule has 0 aliphatic heterocycles. The summed E-state index contributed by atoms with van der Waals surface area (Å²) in [6.07, 6.45) is 0.730. The number of hydrogen-bond donors (Lipinski definition) is 0. The van der Waals surface area contributed by atoms with Crippen LogP contribution in [0.4, 0.5) is 4.39 Å². The molecule has 0 aliphatic carbocycles. The van der Waals surface area contributed by atoms with E-state index in [0.29, 0.717) is 0 Å². The molecular formula is C13H17FSi.